The third kappa shape index (κ3) is 2.70. The first-order valence-electron chi connectivity index (χ1n) is 6.59. The van der Waals surface area contributed by atoms with E-state index in [1.165, 1.54) is 23.3 Å². The van der Waals surface area contributed by atoms with Crippen LogP contribution in [0.3, 0.4) is 0 Å². The van der Waals surface area contributed by atoms with Gasteiger partial charge < -0.3 is 10.6 Å². The number of amides is 1. The zero-order valence-corrected chi connectivity index (χ0v) is 10.9. The van der Waals surface area contributed by atoms with E-state index in [0.717, 1.165) is 0 Å². The fraction of sp³-hybridized carbons (Fsp3) is 0.188. The van der Waals surface area contributed by atoms with Gasteiger partial charge in [-0.15, -0.1) is 0 Å². The number of rotatable bonds is 2. The average Bonchev–Trinajstić information content (AvgIpc) is 2.49. The lowest BCUT2D eigenvalue weighted by molar-refractivity contribution is -0.118. The lowest BCUT2D eigenvalue weighted by atomic mass is 9.95. The predicted molar refractivity (Wildman–Crippen MR) is 75.8 cm³/mol. The fourth-order valence-electron chi connectivity index (χ4n) is 2.40. The minimum atomic E-state index is -0.312. The number of anilines is 1. The van der Waals surface area contributed by atoms with E-state index >= 15 is 0 Å². The van der Waals surface area contributed by atoms with Gasteiger partial charge in [-0.05, 0) is 41.8 Å². The predicted octanol–water partition coefficient (Wildman–Crippen LogP) is 2.48. The molecule has 0 aromatic heterocycles. The molecule has 2 N–H and O–H groups in total. The van der Waals surface area contributed by atoms with Crippen LogP contribution in [0.1, 0.15) is 11.1 Å². The van der Waals surface area contributed by atoms with Crippen LogP contribution in [0.15, 0.2) is 48.5 Å². The first-order chi connectivity index (χ1) is 9.72. The van der Waals surface area contributed by atoms with E-state index in [0.29, 0.717) is 18.7 Å². The standard InChI is InChI=1S/C16H15FN2O/c17-13-5-7-14(8-6-13)19-16(20)15-9-11-3-1-2-4-12(11)10-18-15/h1-8,15,18H,9-10H2,(H,19,20)/t15-/m1/s1. The molecule has 1 aliphatic heterocycles. The molecule has 0 spiro atoms. The van der Waals surface area contributed by atoms with Crippen molar-refractivity contribution in [1.82, 2.24) is 5.32 Å². The van der Waals surface area contributed by atoms with Gasteiger partial charge in [0, 0.05) is 12.2 Å². The van der Waals surface area contributed by atoms with Crippen molar-refractivity contribution in [3.8, 4) is 0 Å². The second-order valence-corrected chi connectivity index (χ2v) is 4.90. The Morgan fingerprint density at radius 3 is 2.55 bits per heavy atom. The summed E-state index contributed by atoms with van der Waals surface area (Å²) in [6.45, 7) is 0.692. The molecule has 1 atom stereocenters. The minimum absolute atomic E-state index is 0.0916. The number of hydrogen-bond donors (Lipinski definition) is 2. The highest BCUT2D eigenvalue weighted by Crippen LogP contribution is 2.17. The van der Waals surface area contributed by atoms with Gasteiger partial charge in [0.05, 0.1) is 6.04 Å². The molecule has 102 valence electrons. The van der Waals surface area contributed by atoms with E-state index in [1.807, 2.05) is 18.2 Å². The van der Waals surface area contributed by atoms with Crippen molar-refractivity contribution < 1.29 is 9.18 Å². The number of nitrogens with one attached hydrogen (secondary N) is 2. The molecule has 1 amide bonds. The molecule has 20 heavy (non-hydrogen) atoms. The van der Waals surface area contributed by atoms with Crippen LogP contribution in [-0.2, 0) is 17.8 Å². The summed E-state index contributed by atoms with van der Waals surface area (Å²) in [4.78, 5) is 12.2. The van der Waals surface area contributed by atoms with Crippen LogP contribution in [0, 0.1) is 5.82 Å². The van der Waals surface area contributed by atoms with Crippen molar-refractivity contribution in [2.24, 2.45) is 0 Å². The number of benzene rings is 2. The summed E-state index contributed by atoms with van der Waals surface area (Å²) in [5, 5.41) is 6.02. The van der Waals surface area contributed by atoms with Crippen LogP contribution < -0.4 is 10.6 Å². The number of carbonyl (C=O) groups is 1. The lowest BCUT2D eigenvalue weighted by Gasteiger charge is -2.25. The molecule has 0 saturated carbocycles. The molecular weight excluding hydrogens is 255 g/mol. The maximum atomic E-state index is 12.8. The van der Waals surface area contributed by atoms with Gasteiger partial charge in [-0.1, -0.05) is 24.3 Å². The van der Waals surface area contributed by atoms with E-state index in [9.17, 15) is 9.18 Å². The zero-order chi connectivity index (χ0) is 13.9. The third-order valence-corrected chi connectivity index (χ3v) is 3.51. The molecule has 0 bridgehead atoms. The molecule has 1 heterocycles. The largest absolute Gasteiger partial charge is 0.325 e. The number of halogens is 1. The highest BCUT2D eigenvalue weighted by molar-refractivity contribution is 5.95. The molecule has 1 aliphatic rings. The summed E-state index contributed by atoms with van der Waals surface area (Å²) in [6.07, 6.45) is 0.670. The lowest BCUT2D eigenvalue weighted by Crippen LogP contribution is -2.44. The number of carbonyl (C=O) groups excluding carboxylic acids is 1. The van der Waals surface area contributed by atoms with Gasteiger partial charge in [0.15, 0.2) is 0 Å². The summed E-state index contributed by atoms with van der Waals surface area (Å²) in [7, 11) is 0. The van der Waals surface area contributed by atoms with E-state index in [4.69, 9.17) is 0 Å². The molecule has 0 aliphatic carbocycles. The molecule has 2 aromatic rings. The highest BCUT2D eigenvalue weighted by Gasteiger charge is 2.23. The van der Waals surface area contributed by atoms with E-state index in [2.05, 4.69) is 16.7 Å². The molecule has 3 rings (SSSR count). The Labute approximate surface area is 116 Å². The molecule has 2 aromatic carbocycles. The summed E-state index contributed by atoms with van der Waals surface area (Å²) in [6, 6.07) is 13.6. The van der Waals surface area contributed by atoms with E-state index in [1.54, 1.807) is 12.1 Å². The highest BCUT2D eigenvalue weighted by atomic mass is 19.1. The fourth-order valence-corrected chi connectivity index (χ4v) is 2.40. The summed E-state index contributed by atoms with van der Waals surface area (Å²) < 4.78 is 12.8. The summed E-state index contributed by atoms with van der Waals surface area (Å²) >= 11 is 0. The van der Waals surface area contributed by atoms with Gasteiger partial charge >= 0.3 is 0 Å². The second-order valence-electron chi connectivity index (χ2n) is 4.90. The zero-order valence-electron chi connectivity index (χ0n) is 10.9. The molecule has 4 heteroatoms. The van der Waals surface area contributed by atoms with Crippen molar-refractivity contribution in [1.29, 1.82) is 0 Å². The SMILES string of the molecule is O=C(Nc1ccc(F)cc1)[C@H]1Cc2ccccc2CN1. The van der Waals surface area contributed by atoms with Crippen molar-refractivity contribution in [2.75, 3.05) is 5.32 Å². The van der Waals surface area contributed by atoms with Crippen LogP contribution in [0.5, 0.6) is 0 Å². The maximum absolute atomic E-state index is 12.8. The van der Waals surface area contributed by atoms with Crippen molar-refractivity contribution >= 4 is 11.6 Å². The van der Waals surface area contributed by atoms with Gasteiger partial charge in [-0.3, -0.25) is 4.79 Å². The first kappa shape index (κ1) is 12.8. The maximum Gasteiger partial charge on any atom is 0.241 e. The Morgan fingerprint density at radius 1 is 1.10 bits per heavy atom. The third-order valence-electron chi connectivity index (χ3n) is 3.51. The molecule has 0 unspecified atom stereocenters. The van der Waals surface area contributed by atoms with Crippen molar-refractivity contribution in [3.63, 3.8) is 0 Å². The molecule has 3 nitrogen and oxygen atoms in total. The van der Waals surface area contributed by atoms with Gasteiger partial charge in [0.2, 0.25) is 5.91 Å². The topological polar surface area (TPSA) is 41.1 Å². The Balaban J connectivity index is 1.68. The van der Waals surface area contributed by atoms with Gasteiger partial charge in [0.1, 0.15) is 5.82 Å². The van der Waals surface area contributed by atoms with E-state index < -0.39 is 0 Å². The van der Waals surface area contributed by atoms with Crippen LogP contribution >= 0.6 is 0 Å². The van der Waals surface area contributed by atoms with Gasteiger partial charge in [0.25, 0.3) is 0 Å². The number of hydrogen-bond acceptors (Lipinski definition) is 2. The average molecular weight is 270 g/mol. The number of fused-ring (bicyclic) bond motifs is 1. The summed E-state index contributed by atoms with van der Waals surface area (Å²) in [5.41, 5.74) is 3.04. The van der Waals surface area contributed by atoms with Gasteiger partial charge in [-0.25, -0.2) is 4.39 Å². The van der Waals surface area contributed by atoms with E-state index in [-0.39, 0.29) is 17.8 Å². The van der Waals surface area contributed by atoms with Crippen LogP contribution in [0.2, 0.25) is 0 Å². The monoisotopic (exact) mass is 270 g/mol. The van der Waals surface area contributed by atoms with Crippen molar-refractivity contribution in [2.45, 2.75) is 19.0 Å². The summed E-state index contributed by atoms with van der Waals surface area (Å²) in [5.74, 6) is -0.404. The van der Waals surface area contributed by atoms with Crippen LogP contribution in [0.4, 0.5) is 10.1 Å². The van der Waals surface area contributed by atoms with Gasteiger partial charge in [-0.2, -0.15) is 0 Å². The van der Waals surface area contributed by atoms with Crippen LogP contribution in [0.25, 0.3) is 0 Å². The minimum Gasteiger partial charge on any atom is -0.325 e. The Bertz CT molecular complexity index is 625. The molecule has 0 saturated heterocycles. The second kappa shape index (κ2) is 5.43. The normalized spacial score (nSPS) is 17.4. The molecule has 0 radical (unpaired) electrons. The Hall–Kier alpha value is -2.20. The quantitative estimate of drug-likeness (QED) is 0.880. The Kier molecular flexibility index (Phi) is 3.48. The first-order valence-corrected chi connectivity index (χ1v) is 6.59. The van der Waals surface area contributed by atoms with Crippen molar-refractivity contribution in [3.05, 3.63) is 65.5 Å². The van der Waals surface area contributed by atoms with Crippen LogP contribution in [-0.4, -0.2) is 11.9 Å². The molecule has 0 fully saturated rings. The Morgan fingerprint density at radius 2 is 1.80 bits per heavy atom. The molecular formula is C16H15FN2O. The smallest absolute Gasteiger partial charge is 0.241 e.